The highest BCUT2D eigenvalue weighted by Crippen LogP contribution is 2.35. The Morgan fingerprint density at radius 3 is 2.64 bits per heavy atom. The number of rotatable bonds is 7. The van der Waals surface area contributed by atoms with E-state index in [-0.39, 0.29) is 19.3 Å². The second-order valence-electron chi connectivity index (χ2n) is 5.27. The zero-order valence-corrected chi connectivity index (χ0v) is 14.0. The lowest BCUT2D eigenvalue weighted by Gasteiger charge is -2.11. The van der Waals surface area contributed by atoms with Crippen LogP contribution in [0.2, 0.25) is 0 Å². The molecule has 1 heterocycles. The molecule has 0 atom stereocenters. The Morgan fingerprint density at radius 2 is 1.84 bits per heavy atom. The molecule has 0 aromatic heterocycles. The molecular weight excluding hydrogens is 326 g/mol. The molecule has 0 spiro atoms. The van der Waals surface area contributed by atoms with Gasteiger partial charge in [-0.05, 0) is 29.8 Å². The van der Waals surface area contributed by atoms with E-state index >= 15 is 0 Å². The van der Waals surface area contributed by atoms with Crippen LogP contribution in [0.25, 0.3) is 0 Å². The van der Waals surface area contributed by atoms with Crippen LogP contribution in [-0.4, -0.2) is 33.5 Å². The Labute approximate surface area is 145 Å². The van der Waals surface area contributed by atoms with Crippen LogP contribution in [0.4, 0.5) is 0 Å². The highest BCUT2D eigenvalue weighted by atomic mass is 16.7. The van der Waals surface area contributed by atoms with Gasteiger partial charge in [0.05, 0.1) is 14.2 Å². The van der Waals surface area contributed by atoms with E-state index in [4.69, 9.17) is 23.7 Å². The third-order valence-corrected chi connectivity index (χ3v) is 3.65. The molecule has 0 radical (unpaired) electrons. The van der Waals surface area contributed by atoms with Gasteiger partial charge in [0.25, 0.3) is 5.91 Å². The second kappa shape index (κ2) is 7.65. The van der Waals surface area contributed by atoms with E-state index in [1.807, 2.05) is 12.1 Å². The minimum Gasteiger partial charge on any atom is -0.493 e. The van der Waals surface area contributed by atoms with Gasteiger partial charge in [0.2, 0.25) is 6.79 Å². The quantitative estimate of drug-likeness (QED) is 0.829. The van der Waals surface area contributed by atoms with Crippen LogP contribution in [0.3, 0.4) is 0 Å². The fourth-order valence-electron chi connectivity index (χ4n) is 2.36. The Hall–Kier alpha value is -3.09. The number of hydrogen-bond donors (Lipinski definition) is 1. The molecular formula is C18H19NO6. The lowest BCUT2D eigenvalue weighted by atomic mass is 10.2. The Bertz CT molecular complexity index is 761. The molecule has 1 amide bonds. The van der Waals surface area contributed by atoms with E-state index in [0.717, 1.165) is 5.56 Å². The normalized spacial score (nSPS) is 11.8. The predicted octanol–water partition coefficient (Wildman–Crippen LogP) is 2.13. The molecule has 1 aliphatic heterocycles. The summed E-state index contributed by atoms with van der Waals surface area (Å²) >= 11 is 0. The number of methoxy groups -OCH3 is 2. The van der Waals surface area contributed by atoms with Gasteiger partial charge in [-0.2, -0.15) is 0 Å². The van der Waals surface area contributed by atoms with Crippen molar-refractivity contribution in [2.75, 3.05) is 27.6 Å². The smallest absolute Gasteiger partial charge is 0.258 e. The van der Waals surface area contributed by atoms with Crippen molar-refractivity contribution in [1.82, 2.24) is 5.32 Å². The van der Waals surface area contributed by atoms with Crippen molar-refractivity contribution in [2.45, 2.75) is 6.54 Å². The number of benzene rings is 2. The van der Waals surface area contributed by atoms with Crippen LogP contribution >= 0.6 is 0 Å². The van der Waals surface area contributed by atoms with Crippen molar-refractivity contribution in [1.29, 1.82) is 0 Å². The van der Waals surface area contributed by atoms with Gasteiger partial charge in [-0.3, -0.25) is 4.79 Å². The van der Waals surface area contributed by atoms with E-state index < -0.39 is 0 Å². The number of carbonyl (C=O) groups is 1. The topological polar surface area (TPSA) is 75.3 Å². The van der Waals surface area contributed by atoms with Crippen LogP contribution in [0.1, 0.15) is 5.56 Å². The summed E-state index contributed by atoms with van der Waals surface area (Å²) < 4.78 is 26.4. The van der Waals surface area contributed by atoms with Crippen molar-refractivity contribution < 1.29 is 28.5 Å². The summed E-state index contributed by atoms with van der Waals surface area (Å²) in [5.74, 6) is 2.86. The first-order valence-corrected chi connectivity index (χ1v) is 7.69. The molecule has 0 unspecified atom stereocenters. The summed E-state index contributed by atoms with van der Waals surface area (Å²) in [5, 5.41) is 2.79. The first kappa shape index (κ1) is 16.8. The zero-order valence-electron chi connectivity index (χ0n) is 14.0. The van der Waals surface area contributed by atoms with Gasteiger partial charge in [-0.1, -0.05) is 6.07 Å². The van der Waals surface area contributed by atoms with E-state index in [1.54, 1.807) is 38.5 Å². The summed E-state index contributed by atoms with van der Waals surface area (Å²) in [7, 11) is 3.15. The summed E-state index contributed by atoms with van der Waals surface area (Å²) in [6, 6.07) is 10.7. The maximum atomic E-state index is 12.0. The number of fused-ring (bicyclic) bond motifs is 1. The van der Waals surface area contributed by atoms with Crippen molar-refractivity contribution in [3.05, 3.63) is 42.0 Å². The minimum absolute atomic E-state index is 0.0903. The molecule has 132 valence electrons. The van der Waals surface area contributed by atoms with Crippen molar-refractivity contribution >= 4 is 5.91 Å². The van der Waals surface area contributed by atoms with Crippen LogP contribution in [0.15, 0.2) is 36.4 Å². The standard InChI is InChI=1S/C18H19NO6/c1-21-14-5-3-12(7-16(14)22-2)9-19-18(20)10-23-13-4-6-15-17(8-13)25-11-24-15/h3-8H,9-11H2,1-2H3,(H,19,20). The monoisotopic (exact) mass is 345 g/mol. The summed E-state index contributed by atoms with van der Waals surface area (Å²) in [4.78, 5) is 12.0. The summed E-state index contributed by atoms with van der Waals surface area (Å²) in [6.45, 7) is 0.473. The van der Waals surface area contributed by atoms with Gasteiger partial charge in [0.1, 0.15) is 5.75 Å². The largest absolute Gasteiger partial charge is 0.493 e. The molecule has 0 bridgehead atoms. The third-order valence-electron chi connectivity index (χ3n) is 3.65. The Balaban J connectivity index is 1.50. The van der Waals surface area contributed by atoms with Crippen LogP contribution in [-0.2, 0) is 11.3 Å². The number of amides is 1. The van der Waals surface area contributed by atoms with Gasteiger partial charge >= 0.3 is 0 Å². The Kier molecular flexibility index (Phi) is 5.13. The molecule has 1 N–H and O–H groups in total. The van der Waals surface area contributed by atoms with E-state index in [9.17, 15) is 4.79 Å². The first-order valence-electron chi connectivity index (χ1n) is 7.69. The molecule has 3 rings (SSSR count). The molecule has 25 heavy (non-hydrogen) atoms. The molecule has 1 aliphatic rings. The van der Waals surface area contributed by atoms with E-state index in [0.29, 0.717) is 35.3 Å². The molecule has 0 fully saturated rings. The Morgan fingerprint density at radius 1 is 1.04 bits per heavy atom. The van der Waals surface area contributed by atoms with Gasteiger partial charge < -0.3 is 29.0 Å². The molecule has 7 heteroatoms. The van der Waals surface area contributed by atoms with E-state index in [1.165, 1.54) is 0 Å². The van der Waals surface area contributed by atoms with Crippen LogP contribution in [0, 0.1) is 0 Å². The van der Waals surface area contributed by atoms with Gasteiger partial charge in [-0.15, -0.1) is 0 Å². The van der Waals surface area contributed by atoms with Gasteiger partial charge in [0, 0.05) is 12.6 Å². The van der Waals surface area contributed by atoms with Crippen molar-refractivity contribution in [2.24, 2.45) is 0 Å². The number of hydrogen-bond acceptors (Lipinski definition) is 6. The maximum absolute atomic E-state index is 12.0. The molecule has 0 saturated carbocycles. The van der Waals surface area contributed by atoms with Crippen molar-refractivity contribution in [3.63, 3.8) is 0 Å². The number of nitrogens with one attached hydrogen (secondary N) is 1. The first-order chi connectivity index (χ1) is 12.2. The average Bonchev–Trinajstić information content (AvgIpc) is 3.12. The van der Waals surface area contributed by atoms with Gasteiger partial charge in [0.15, 0.2) is 29.6 Å². The fourth-order valence-corrected chi connectivity index (χ4v) is 2.36. The minimum atomic E-state index is -0.229. The average molecular weight is 345 g/mol. The predicted molar refractivity (Wildman–Crippen MR) is 89.5 cm³/mol. The molecule has 2 aromatic rings. The van der Waals surface area contributed by atoms with E-state index in [2.05, 4.69) is 5.32 Å². The van der Waals surface area contributed by atoms with Crippen LogP contribution < -0.4 is 29.0 Å². The number of ether oxygens (including phenoxy) is 5. The van der Waals surface area contributed by atoms with Gasteiger partial charge in [-0.25, -0.2) is 0 Å². The second-order valence-corrected chi connectivity index (χ2v) is 5.27. The summed E-state index contributed by atoms with van der Waals surface area (Å²) in [5.41, 5.74) is 0.897. The zero-order chi connectivity index (χ0) is 17.6. The third kappa shape index (κ3) is 4.06. The highest BCUT2D eigenvalue weighted by molar-refractivity contribution is 5.77. The lowest BCUT2D eigenvalue weighted by Crippen LogP contribution is -2.28. The maximum Gasteiger partial charge on any atom is 0.258 e. The number of carbonyl (C=O) groups excluding carboxylic acids is 1. The lowest BCUT2D eigenvalue weighted by molar-refractivity contribution is -0.123. The molecule has 0 aliphatic carbocycles. The molecule has 0 saturated heterocycles. The fraction of sp³-hybridized carbons (Fsp3) is 0.278. The van der Waals surface area contributed by atoms with Crippen LogP contribution in [0.5, 0.6) is 28.7 Å². The summed E-state index contributed by atoms with van der Waals surface area (Å²) in [6.07, 6.45) is 0. The molecule has 2 aromatic carbocycles. The SMILES string of the molecule is COc1ccc(CNC(=O)COc2ccc3c(c2)OCO3)cc1OC. The molecule has 7 nitrogen and oxygen atoms in total. The van der Waals surface area contributed by atoms with Crippen molar-refractivity contribution in [3.8, 4) is 28.7 Å². The highest BCUT2D eigenvalue weighted by Gasteiger charge is 2.14.